The van der Waals surface area contributed by atoms with Crippen molar-refractivity contribution in [3.8, 4) is 22.4 Å². The highest BCUT2D eigenvalue weighted by molar-refractivity contribution is 5.95. The van der Waals surface area contributed by atoms with Gasteiger partial charge >= 0.3 is 0 Å². The molecule has 2 heterocycles. The maximum absolute atomic E-state index is 4.77. The van der Waals surface area contributed by atoms with E-state index in [1.54, 1.807) is 7.05 Å². The Bertz CT molecular complexity index is 1060. The van der Waals surface area contributed by atoms with Gasteiger partial charge in [0.25, 0.3) is 0 Å². The molecule has 0 unspecified atom stereocenters. The number of azo groups is 1. The number of nitrogens with one attached hydrogen (secondary N) is 1. The molecule has 0 aliphatic heterocycles. The van der Waals surface area contributed by atoms with E-state index in [1.807, 2.05) is 37.4 Å². The van der Waals surface area contributed by atoms with Gasteiger partial charge in [0.15, 0.2) is 0 Å². The normalized spacial score (nSPS) is 11.4. The predicted molar refractivity (Wildman–Crippen MR) is 102 cm³/mol. The Kier molecular flexibility index (Phi) is 3.86. The average Bonchev–Trinajstić information content (AvgIpc) is 3.07. The Morgan fingerprint density at radius 3 is 2.52 bits per heavy atom. The van der Waals surface area contributed by atoms with Gasteiger partial charge in [-0.05, 0) is 42.3 Å². The molecule has 0 spiro atoms. The fraction of sp³-hybridized carbons (Fsp3) is 0.0952. The van der Waals surface area contributed by atoms with Gasteiger partial charge in [-0.2, -0.15) is 10.2 Å². The molecule has 4 nitrogen and oxygen atoms in total. The van der Waals surface area contributed by atoms with E-state index >= 15 is 0 Å². The summed E-state index contributed by atoms with van der Waals surface area (Å²) in [6, 6.07) is 20.6. The number of aromatic nitrogens is 2. The van der Waals surface area contributed by atoms with Gasteiger partial charge in [0.05, 0.1) is 11.4 Å². The van der Waals surface area contributed by atoms with Crippen LogP contribution in [0.2, 0.25) is 0 Å². The molecule has 4 aromatic rings. The Morgan fingerprint density at radius 2 is 1.76 bits per heavy atom. The lowest BCUT2D eigenvalue weighted by Crippen LogP contribution is -1.84. The van der Waals surface area contributed by atoms with E-state index in [4.69, 9.17) is 4.98 Å². The molecule has 2 aromatic carbocycles. The third-order valence-electron chi connectivity index (χ3n) is 4.32. The van der Waals surface area contributed by atoms with Crippen LogP contribution in [0.3, 0.4) is 0 Å². The first-order chi connectivity index (χ1) is 12.3. The van der Waals surface area contributed by atoms with Crippen LogP contribution in [0.4, 0.5) is 5.69 Å². The van der Waals surface area contributed by atoms with Gasteiger partial charge in [-0.15, -0.1) is 0 Å². The summed E-state index contributed by atoms with van der Waals surface area (Å²) in [7, 11) is 1.68. The molecule has 25 heavy (non-hydrogen) atoms. The molecule has 0 saturated carbocycles. The smallest absolute Gasteiger partial charge is 0.138 e. The molecule has 0 fully saturated rings. The first-order valence-corrected chi connectivity index (χ1v) is 8.20. The molecule has 0 aliphatic carbocycles. The van der Waals surface area contributed by atoms with E-state index in [2.05, 4.69) is 51.6 Å². The number of H-pyrrole nitrogens is 1. The molecule has 2 aromatic heterocycles. The number of pyridine rings is 1. The van der Waals surface area contributed by atoms with Crippen molar-refractivity contribution in [2.75, 3.05) is 7.05 Å². The molecule has 122 valence electrons. The number of aromatic amines is 1. The van der Waals surface area contributed by atoms with E-state index in [0.717, 1.165) is 44.7 Å². The zero-order valence-corrected chi connectivity index (χ0v) is 14.2. The van der Waals surface area contributed by atoms with Crippen molar-refractivity contribution in [2.24, 2.45) is 10.2 Å². The second kappa shape index (κ2) is 6.32. The van der Waals surface area contributed by atoms with Gasteiger partial charge in [-0.3, -0.25) is 0 Å². The van der Waals surface area contributed by atoms with Crippen LogP contribution < -0.4 is 0 Å². The van der Waals surface area contributed by atoms with Crippen LogP contribution in [-0.2, 0) is 0 Å². The highest BCUT2D eigenvalue weighted by Gasteiger charge is 2.10. The van der Waals surface area contributed by atoms with Gasteiger partial charge in [-0.25, -0.2) is 4.98 Å². The number of benzene rings is 2. The quantitative estimate of drug-likeness (QED) is 0.467. The minimum absolute atomic E-state index is 0.895. The summed E-state index contributed by atoms with van der Waals surface area (Å²) in [5.74, 6) is 0. The fourth-order valence-corrected chi connectivity index (χ4v) is 3.06. The summed E-state index contributed by atoms with van der Waals surface area (Å²) < 4.78 is 0. The molecular weight excluding hydrogens is 308 g/mol. The summed E-state index contributed by atoms with van der Waals surface area (Å²) >= 11 is 0. The van der Waals surface area contributed by atoms with Crippen molar-refractivity contribution in [1.82, 2.24) is 9.97 Å². The van der Waals surface area contributed by atoms with Crippen molar-refractivity contribution >= 4 is 16.7 Å². The Balaban J connectivity index is 1.78. The largest absolute Gasteiger partial charge is 0.345 e. The predicted octanol–water partition coefficient (Wildman–Crippen LogP) is 5.92. The summed E-state index contributed by atoms with van der Waals surface area (Å²) in [6.07, 6.45) is 2.02. The standard InChI is InChI=1S/C21H18N4/c1-14-12-16(8-10-19(14)25-22-2)18-13-23-21-17(18)9-11-20(24-21)15-6-4-3-5-7-15/h3-13H,1-2H3,(H,23,24). The maximum atomic E-state index is 4.77. The third kappa shape index (κ3) is 2.83. The van der Waals surface area contributed by atoms with Crippen molar-refractivity contribution in [1.29, 1.82) is 0 Å². The lowest BCUT2D eigenvalue weighted by atomic mass is 10.0. The van der Waals surface area contributed by atoms with Crippen LogP contribution in [0.5, 0.6) is 0 Å². The van der Waals surface area contributed by atoms with Crippen LogP contribution in [0, 0.1) is 6.92 Å². The van der Waals surface area contributed by atoms with Gasteiger partial charge in [0.2, 0.25) is 0 Å². The van der Waals surface area contributed by atoms with Crippen LogP contribution in [0.1, 0.15) is 5.56 Å². The summed E-state index contributed by atoms with van der Waals surface area (Å²) in [4.78, 5) is 8.07. The number of aryl methyl sites for hydroxylation is 1. The van der Waals surface area contributed by atoms with Gasteiger partial charge < -0.3 is 4.98 Å². The average molecular weight is 326 g/mol. The summed E-state index contributed by atoms with van der Waals surface area (Å²) in [5, 5.41) is 9.11. The maximum Gasteiger partial charge on any atom is 0.138 e. The van der Waals surface area contributed by atoms with Gasteiger partial charge in [0.1, 0.15) is 5.65 Å². The Hall–Kier alpha value is -3.27. The molecule has 0 radical (unpaired) electrons. The first kappa shape index (κ1) is 15.3. The molecule has 4 rings (SSSR count). The van der Waals surface area contributed by atoms with Crippen LogP contribution in [0.15, 0.2) is 77.1 Å². The highest BCUT2D eigenvalue weighted by Crippen LogP contribution is 2.32. The summed E-state index contributed by atoms with van der Waals surface area (Å²) in [6.45, 7) is 2.05. The molecule has 0 atom stereocenters. The topological polar surface area (TPSA) is 53.4 Å². The Labute approximate surface area is 146 Å². The molecule has 0 aliphatic rings. The molecule has 0 bridgehead atoms. The summed E-state index contributed by atoms with van der Waals surface area (Å²) in [5.41, 5.74) is 7.27. The van der Waals surface area contributed by atoms with Crippen LogP contribution in [-0.4, -0.2) is 17.0 Å². The van der Waals surface area contributed by atoms with E-state index in [0.29, 0.717) is 0 Å². The molecular formula is C21H18N4. The fourth-order valence-electron chi connectivity index (χ4n) is 3.06. The minimum atomic E-state index is 0.895. The lowest BCUT2D eigenvalue weighted by molar-refractivity contribution is 1.15. The monoisotopic (exact) mass is 326 g/mol. The zero-order valence-electron chi connectivity index (χ0n) is 14.2. The van der Waals surface area contributed by atoms with E-state index in [-0.39, 0.29) is 0 Å². The van der Waals surface area contributed by atoms with Crippen LogP contribution >= 0.6 is 0 Å². The third-order valence-corrected chi connectivity index (χ3v) is 4.32. The number of hydrogen-bond donors (Lipinski definition) is 1. The number of nitrogens with zero attached hydrogens (tertiary/aromatic N) is 3. The number of hydrogen-bond acceptors (Lipinski definition) is 3. The van der Waals surface area contributed by atoms with Gasteiger partial charge in [0, 0.05) is 29.8 Å². The minimum Gasteiger partial charge on any atom is -0.345 e. The van der Waals surface area contributed by atoms with E-state index < -0.39 is 0 Å². The number of rotatable bonds is 3. The Morgan fingerprint density at radius 1 is 0.920 bits per heavy atom. The molecule has 4 heteroatoms. The van der Waals surface area contributed by atoms with Crippen molar-refractivity contribution in [2.45, 2.75) is 6.92 Å². The lowest BCUT2D eigenvalue weighted by Gasteiger charge is -2.05. The SMILES string of the molecule is CN=Nc1ccc(-c2c[nH]c3nc(-c4ccccc4)ccc23)cc1C. The second-order valence-electron chi connectivity index (χ2n) is 5.96. The molecule has 0 amide bonds. The first-order valence-electron chi connectivity index (χ1n) is 8.20. The van der Waals surface area contributed by atoms with Crippen LogP contribution in [0.25, 0.3) is 33.4 Å². The highest BCUT2D eigenvalue weighted by atomic mass is 15.1. The molecule has 0 saturated heterocycles. The zero-order chi connectivity index (χ0) is 17.2. The van der Waals surface area contributed by atoms with Crippen molar-refractivity contribution in [3.05, 3.63) is 72.4 Å². The van der Waals surface area contributed by atoms with E-state index in [9.17, 15) is 0 Å². The van der Waals surface area contributed by atoms with E-state index in [1.165, 1.54) is 0 Å². The van der Waals surface area contributed by atoms with Crippen molar-refractivity contribution < 1.29 is 0 Å². The second-order valence-corrected chi connectivity index (χ2v) is 5.96. The van der Waals surface area contributed by atoms with Gasteiger partial charge in [-0.1, -0.05) is 36.4 Å². The number of fused-ring (bicyclic) bond motifs is 1. The van der Waals surface area contributed by atoms with Crippen molar-refractivity contribution in [3.63, 3.8) is 0 Å². The molecule has 1 N–H and O–H groups in total.